The van der Waals surface area contributed by atoms with Gasteiger partial charge in [0.05, 0.1) is 0 Å². The minimum Gasteiger partial charge on any atom is -0.652 e. The fourth-order valence-corrected chi connectivity index (χ4v) is 0.589. The van der Waals surface area contributed by atoms with Crippen molar-refractivity contribution < 1.29 is 15.0 Å². The Bertz CT molecular complexity index is 96.9. The average molecular weight is 128 g/mol. The van der Waals surface area contributed by atoms with Crippen LogP contribution in [0, 0.1) is 0 Å². The molecule has 1 rings (SSSR count). The van der Waals surface area contributed by atoms with Gasteiger partial charge in [0.1, 0.15) is 0 Å². The number of allylic oxidation sites excluding steroid dienone is 2. The van der Waals surface area contributed by atoms with Crippen LogP contribution in [0.1, 0.15) is 19.3 Å². The van der Waals surface area contributed by atoms with Crippen LogP contribution in [0.3, 0.4) is 0 Å². The molecule has 0 bridgehead atoms. The molecule has 0 amide bonds. The third kappa shape index (κ3) is 10.9. The molecule has 0 saturated carbocycles. The van der Waals surface area contributed by atoms with Gasteiger partial charge in [0.15, 0.2) is 0 Å². The maximum absolute atomic E-state index is 8.33. The smallest absolute Gasteiger partial charge is 0.0348 e. The summed E-state index contributed by atoms with van der Waals surface area (Å²) < 4.78 is 0. The molecule has 0 radical (unpaired) electrons. The summed E-state index contributed by atoms with van der Waals surface area (Å²) in [4.78, 5) is 8.33. The zero-order valence-electron chi connectivity index (χ0n) is 5.00. The lowest BCUT2D eigenvalue weighted by molar-refractivity contribution is -0.415. The second kappa shape index (κ2) is 5.15. The highest BCUT2D eigenvalue weighted by molar-refractivity contribution is 5.47. The minimum absolute atomic E-state index is 1.32. The molecule has 0 aromatic heterocycles. The Labute approximate surface area is 53.6 Å². The van der Waals surface area contributed by atoms with Crippen LogP contribution in [-0.4, -0.2) is 6.16 Å². The van der Waals surface area contributed by atoms with Gasteiger partial charge in [-0.15, -0.1) is 0 Å². The molecule has 0 aromatic carbocycles. The molecule has 1 aliphatic carbocycles. The molecule has 0 atom stereocenters. The summed E-state index contributed by atoms with van der Waals surface area (Å²) in [5, 5.41) is 16.7. The SMILES string of the molecule is C1=CCCC1.O=C([O-])[O-]. The van der Waals surface area contributed by atoms with E-state index < -0.39 is 6.16 Å². The fraction of sp³-hybridized carbons (Fsp3) is 0.500. The summed E-state index contributed by atoms with van der Waals surface area (Å²) in [7, 11) is 0. The lowest BCUT2D eigenvalue weighted by atomic mass is 10.4. The van der Waals surface area contributed by atoms with E-state index in [-0.39, 0.29) is 0 Å². The van der Waals surface area contributed by atoms with E-state index in [1.165, 1.54) is 19.3 Å². The normalized spacial score (nSPS) is 14.2. The van der Waals surface area contributed by atoms with Gasteiger partial charge in [-0.05, 0) is 25.4 Å². The summed E-state index contributed by atoms with van der Waals surface area (Å²) in [6.07, 6.45) is 6.17. The van der Waals surface area contributed by atoms with Crippen LogP contribution in [0.25, 0.3) is 0 Å². The molecule has 0 unspecified atom stereocenters. The molecule has 0 spiro atoms. The molecule has 52 valence electrons. The molecule has 3 nitrogen and oxygen atoms in total. The van der Waals surface area contributed by atoms with Gasteiger partial charge in [-0.2, -0.15) is 0 Å². The van der Waals surface area contributed by atoms with Gasteiger partial charge >= 0.3 is 0 Å². The molecule has 0 heterocycles. The molecule has 0 fully saturated rings. The predicted molar refractivity (Wildman–Crippen MR) is 28.4 cm³/mol. The van der Waals surface area contributed by atoms with Crippen molar-refractivity contribution >= 4 is 6.16 Å². The van der Waals surface area contributed by atoms with Crippen LogP contribution in [0.4, 0.5) is 4.79 Å². The van der Waals surface area contributed by atoms with Crippen LogP contribution in [0.15, 0.2) is 12.2 Å². The molecular formula is C6H8O3-2. The second-order valence-electron chi connectivity index (χ2n) is 1.65. The van der Waals surface area contributed by atoms with E-state index in [0.29, 0.717) is 0 Å². The summed E-state index contributed by atoms with van der Waals surface area (Å²) in [6.45, 7) is 0. The van der Waals surface area contributed by atoms with E-state index in [4.69, 9.17) is 15.0 Å². The summed E-state index contributed by atoms with van der Waals surface area (Å²) in [6, 6.07) is 0. The zero-order chi connectivity index (χ0) is 7.11. The highest BCUT2D eigenvalue weighted by Crippen LogP contribution is 2.05. The van der Waals surface area contributed by atoms with Gasteiger partial charge in [-0.1, -0.05) is 12.2 Å². The van der Waals surface area contributed by atoms with E-state index in [2.05, 4.69) is 12.2 Å². The van der Waals surface area contributed by atoms with Crippen LogP contribution < -0.4 is 10.2 Å². The first-order chi connectivity index (χ1) is 4.23. The van der Waals surface area contributed by atoms with Gasteiger partial charge in [0.25, 0.3) is 0 Å². The first kappa shape index (κ1) is 8.01. The Morgan fingerprint density at radius 3 is 1.67 bits per heavy atom. The third-order valence-corrected chi connectivity index (χ3v) is 0.908. The number of carboxylic acid groups (broad SMARTS) is 2. The number of hydrogen-bond acceptors (Lipinski definition) is 3. The monoisotopic (exact) mass is 128 g/mol. The summed E-state index contributed by atoms with van der Waals surface area (Å²) >= 11 is 0. The van der Waals surface area contributed by atoms with Crippen molar-refractivity contribution in [1.82, 2.24) is 0 Å². The first-order valence-corrected chi connectivity index (χ1v) is 2.76. The van der Waals surface area contributed by atoms with Crippen LogP contribution >= 0.6 is 0 Å². The van der Waals surface area contributed by atoms with Gasteiger partial charge in [0.2, 0.25) is 0 Å². The Morgan fingerprint density at radius 2 is 1.56 bits per heavy atom. The lowest BCUT2D eigenvalue weighted by Crippen LogP contribution is -2.37. The van der Waals surface area contributed by atoms with E-state index in [1.807, 2.05) is 0 Å². The summed E-state index contributed by atoms with van der Waals surface area (Å²) in [5.41, 5.74) is 0. The highest BCUT2D eigenvalue weighted by Gasteiger charge is 1.84. The number of rotatable bonds is 0. The lowest BCUT2D eigenvalue weighted by Gasteiger charge is -1.96. The fourth-order valence-electron chi connectivity index (χ4n) is 0.589. The number of hydrogen-bond donors (Lipinski definition) is 0. The van der Waals surface area contributed by atoms with Gasteiger partial charge in [-0.3, -0.25) is 0 Å². The zero-order valence-corrected chi connectivity index (χ0v) is 5.00. The maximum atomic E-state index is 8.33. The molecule has 0 N–H and O–H groups in total. The van der Waals surface area contributed by atoms with Gasteiger partial charge in [-0.25, -0.2) is 0 Å². The Hall–Kier alpha value is -0.990. The number of carbonyl (C=O) groups is 1. The van der Waals surface area contributed by atoms with Crippen molar-refractivity contribution in [2.24, 2.45) is 0 Å². The molecular weight excluding hydrogens is 120 g/mol. The third-order valence-electron chi connectivity index (χ3n) is 0.908. The molecule has 3 heteroatoms. The quantitative estimate of drug-likeness (QED) is 0.404. The summed E-state index contributed by atoms with van der Waals surface area (Å²) in [5.74, 6) is 0. The van der Waals surface area contributed by atoms with Crippen molar-refractivity contribution in [3.05, 3.63) is 12.2 Å². The van der Waals surface area contributed by atoms with E-state index >= 15 is 0 Å². The Kier molecular flexibility index (Phi) is 4.59. The van der Waals surface area contributed by atoms with E-state index in [9.17, 15) is 0 Å². The van der Waals surface area contributed by atoms with Crippen molar-refractivity contribution in [2.45, 2.75) is 19.3 Å². The minimum atomic E-state index is -2.33. The maximum Gasteiger partial charge on any atom is -0.0348 e. The van der Waals surface area contributed by atoms with Crippen LogP contribution in [0.2, 0.25) is 0 Å². The first-order valence-electron chi connectivity index (χ1n) is 2.76. The van der Waals surface area contributed by atoms with Crippen molar-refractivity contribution in [2.75, 3.05) is 0 Å². The standard InChI is InChI=1S/C5H8.CH2O3/c1-2-4-5-3-1;2-1(3)4/h1-2H,3-5H2;(H2,2,3,4)/p-2. The average Bonchev–Trinajstić information content (AvgIpc) is 2.11. The van der Waals surface area contributed by atoms with Crippen molar-refractivity contribution in [3.63, 3.8) is 0 Å². The predicted octanol–water partition coefficient (Wildman–Crippen LogP) is -0.721. The largest absolute Gasteiger partial charge is 0.652 e. The molecule has 9 heavy (non-hydrogen) atoms. The Morgan fingerprint density at radius 1 is 1.22 bits per heavy atom. The molecule has 1 aliphatic rings. The molecule has 0 aliphatic heterocycles. The van der Waals surface area contributed by atoms with Crippen molar-refractivity contribution in [1.29, 1.82) is 0 Å². The van der Waals surface area contributed by atoms with Gasteiger partial charge < -0.3 is 15.0 Å². The van der Waals surface area contributed by atoms with Crippen molar-refractivity contribution in [3.8, 4) is 0 Å². The Balaban J connectivity index is 0.000000148. The van der Waals surface area contributed by atoms with Gasteiger partial charge in [0, 0.05) is 0 Å². The van der Waals surface area contributed by atoms with E-state index in [1.54, 1.807) is 0 Å². The molecule has 0 aromatic rings. The van der Waals surface area contributed by atoms with E-state index in [0.717, 1.165) is 0 Å². The van der Waals surface area contributed by atoms with Crippen LogP contribution in [-0.2, 0) is 0 Å². The van der Waals surface area contributed by atoms with Crippen LogP contribution in [0.5, 0.6) is 0 Å². The second-order valence-corrected chi connectivity index (χ2v) is 1.65. The molecule has 0 saturated heterocycles. The topological polar surface area (TPSA) is 63.2 Å². The highest BCUT2D eigenvalue weighted by atomic mass is 16.6. The number of carbonyl (C=O) groups excluding carboxylic acids is 1.